The lowest BCUT2D eigenvalue weighted by Gasteiger charge is -2.29. The van der Waals surface area contributed by atoms with Crippen molar-refractivity contribution in [3.63, 3.8) is 0 Å². The lowest BCUT2D eigenvalue weighted by atomic mass is 10.1. The summed E-state index contributed by atoms with van der Waals surface area (Å²) in [4.78, 5) is 21.8. The predicted molar refractivity (Wildman–Crippen MR) is 119 cm³/mol. The highest BCUT2D eigenvalue weighted by Crippen LogP contribution is 2.26. The van der Waals surface area contributed by atoms with Gasteiger partial charge in [-0.25, -0.2) is 4.98 Å². The Kier molecular flexibility index (Phi) is 5.58. The monoisotopic (exact) mass is 387 g/mol. The number of hydrogen-bond donors (Lipinski definition) is 0. The number of aromatic nitrogens is 1. The molecule has 0 spiro atoms. The van der Waals surface area contributed by atoms with Crippen LogP contribution < -0.4 is 9.80 Å². The van der Waals surface area contributed by atoms with Gasteiger partial charge in [0, 0.05) is 49.4 Å². The molecule has 1 aliphatic heterocycles. The number of benzene rings is 2. The van der Waals surface area contributed by atoms with E-state index in [0.29, 0.717) is 18.8 Å². The smallest absolute Gasteiger partial charge is 0.185 e. The Labute approximate surface area is 171 Å². The molecule has 29 heavy (non-hydrogen) atoms. The van der Waals surface area contributed by atoms with E-state index in [4.69, 9.17) is 9.72 Å². The van der Waals surface area contributed by atoms with Gasteiger partial charge in [0.25, 0.3) is 0 Å². The van der Waals surface area contributed by atoms with Crippen LogP contribution in [0.15, 0.2) is 60.7 Å². The summed E-state index contributed by atoms with van der Waals surface area (Å²) in [7, 11) is 3.97. The summed E-state index contributed by atoms with van der Waals surface area (Å²) in [5.41, 5.74) is 3.65. The summed E-state index contributed by atoms with van der Waals surface area (Å²) in [6.07, 6.45) is 3.52. The van der Waals surface area contributed by atoms with Gasteiger partial charge in [-0.15, -0.1) is 0 Å². The van der Waals surface area contributed by atoms with Crippen LogP contribution in [0.5, 0.6) is 0 Å². The zero-order valence-corrected chi connectivity index (χ0v) is 16.8. The van der Waals surface area contributed by atoms with Gasteiger partial charge in [-0.2, -0.15) is 0 Å². The Morgan fingerprint density at radius 3 is 2.52 bits per heavy atom. The van der Waals surface area contributed by atoms with Crippen molar-refractivity contribution in [1.82, 2.24) is 4.98 Å². The van der Waals surface area contributed by atoms with E-state index in [0.717, 1.165) is 41.1 Å². The maximum absolute atomic E-state index is 12.7. The molecule has 0 N–H and O–H groups in total. The van der Waals surface area contributed by atoms with Crippen molar-refractivity contribution >= 4 is 34.3 Å². The fourth-order valence-electron chi connectivity index (χ4n) is 3.46. The van der Waals surface area contributed by atoms with Gasteiger partial charge in [-0.05, 0) is 48.6 Å². The lowest BCUT2D eigenvalue weighted by molar-refractivity contribution is 0.104. The molecule has 5 heteroatoms. The quantitative estimate of drug-likeness (QED) is 0.489. The first-order chi connectivity index (χ1) is 14.1. The fourth-order valence-corrected chi connectivity index (χ4v) is 3.46. The van der Waals surface area contributed by atoms with Crippen LogP contribution in [-0.4, -0.2) is 51.2 Å². The van der Waals surface area contributed by atoms with E-state index < -0.39 is 0 Å². The van der Waals surface area contributed by atoms with Crippen molar-refractivity contribution in [2.75, 3.05) is 50.2 Å². The molecule has 0 atom stereocenters. The molecule has 0 radical (unpaired) electrons. The summed E-state index contributed by atoms with van der Waals surface area (Å²) in [6, 6.07) is 17.8. The molecule has 0 amide bonds. The summed E-state index contributed by atoms with van der Waals surface area (Å²) in [6.45, 7) is 2.97. The molecule has 4 rings (SSSR count). The zero-order chi connectivity index (χ0) is 20.2. The minimum absolute atomic E-state index is 0.0172. The van der Waals surface area contributed by atoms with Crippen molar-refractivity contribution in [3.8, 4) is 0 Å². The maximum atomic E-state index is 12.7. The summed E-state index contributed by atoms with van der Waals surface area (Å²) in [5.74, 6) is 0.885. The van der Waals surface area contributed by atoms with Crippen LogP contribution in [-0.2, 0) is 4.74 Å². The number of allylic oxidation sites excluding steroid dienone is 1. The van der Waals surface area contributed by atoms with Crippen LogP contribution in [0.1, 0.15) is 15.9 Å². The highest BCUT2D eigenvalue weighted by molar-refractivity contribution is 6.07. The second-order valence-corrected chi connectivity index (χ2v) is 7.33. The van der Waals surface area contributed by atoms with Crippen molar-refractivity contribution in [2.45, 2.75) is 0 Å². The van der Waals surface area contributed by atoms with Gasteiger partial charge < -0.3 is 14.5 Å². The van der Waals surface area contributed by atoms with Gasteiger partial charge in [0.1, 0.15) is 5.82 Å². The predicted octanol–water partition coefficient (Wildman–Crippen LogP) is 4.03. The number of ether oxygens (including phenoxy) is 1. The Bertz CT molecular complexity index is 1040. The van der Waals surface area contributed by atoms with Crippen molar-refractivity contribution in [1.29, 1.82) is 0 Å². The molecule has 1 fully saturated rings. The van der Waals surface area contributed by atoms with Gasteiger partial charge >= 0.3 is 0 Å². The van der Waals surface area contributed by atoms with Crippen LogP contribution >= 0.6 is 0 Å². The van der Waals surface area contributed by atoms with Crippen LogP contribution in [0.4, 0.5) is 11.5 Å². The standard InChI is InChI=1S/C24H25N3O2/c1-26(2)21-10-7-18(8-11-21)23(28)12-9-20-17-19-5-3-4-6-22(19)25-24(20)27-13-15-29-16-14-27/h3-12,17H,13-16H2,1-2H3. The average Bonchev–Trinajstić information content (AvgIpc) is 2.77. The minimum atomic E-state index is -0.0172. The van der Waals surface area contributed by atoms with Gasteiger partial charge in [0.05, 0.1) is 18.7 Å². The summed E-state index contributed by atoms with van der Waals surface area (Å²) in [5, 5.41) is 1.06. The highest BCUT2D eigenvalue weighted by Gasteiger charge is 2.16. The second kappa shape index (κ2) is 8.45. The van der Waals surface area contributed by atoms with E-state index in [-0.39, 0.29) is 5.78 Å². The molecule has 2 heterocycles. The van der Waals surface area contributed by atoms with Gasteiger partial charge in [0.15, 0.2) is 5.78 Å². The highest BCUT2D eigenvalue weighted by atomic mass is 16.5. The van der Waals surface area contributed by atoms with Crippen molar-refractivity contribution in [2.24, 2.45) is 0 Å². The van der Waals surface area contributed by atoms with E-state index in [1.165, 1.54) is 0 Å². The number of pyridine rings is 1. The minimum Gasteiger partial charge on any atom is -0.378 e. The van der Waals surface area contributed by atoms with E-state index >= 15 is 0 Å². The molecule has 1 aromatic heterocycles. The van der Waals surface area contributed by atoms with Gasteiger partial charge in [0.2, 0.25) is 0 Å². The van der Waals surface area contributed by atoms with E-state index in [2.05, 4.69) is 11.0 Å². The number of para-hydroxylation sites is 1. The number of fused-ring (bicyclic) bond motifs is 1. The van der Waals surface area contributed by atoms with Crippen LogP contribution in [0.25, 0.3) is 17.0 Å². The second-order valence-electron chi connectivity index (χ2n) is 7.33. The fraction of sp³-hybridized carbons (Fsp3) is 0.250. The molecular formula is C24H25N3O2. The first kappa shape index (κ1) is 19.2. The molecule has 5 nitrogen and oxygen atoms in total. The molecule has 1 saturated heterocycles. The number of hydrogen-bond acceptors (Lipinski definition) is 5. The third-order valence-corrected chi connectivity index (χ3v) is 5.13. The Hall–Kier alpha value is -3.18. The first-order valence-electron chi connectivity index (χ1n) is 9.84. The Morgan fingerprint density at radius 2 is 1.79 bits per heavy atom. The molecular weight excluding hydrogens is 362 g/mol. The van der Waals surface area contributed by atoms with Gasteiger partial charge in [-0.3, -0.25) is 4.79 Å². The number of morpholine rings is 1. The Morgan fingerprint density at radius 1 is 1.07 bits per heavy atom. The SMILES string of the molecule is CN(C)c1ccc(C(=O)C=Cc2cc3ccccc3nc2N2CCOCC2)cc1. The number of ketones is 1. The molecule has 2 aromatic carbocycles. The number of anilines is 2. The molecule has 1 aliphatic rings. The topological polar surface area (TPSA) is 45.7 Å². The molecule has 0 bridgehead atoms. The van der Waals surface area contributed by atoms with Crippen LogP contribution in [0.3, 0.4) is 0 Å². The van der Waals surface area contributed by atoms with Crippen molar-refractivity contribution in [3.05, 3.63) is 71.8 Å². The van der Waals surface area contributed by atoms with Gasteiger partial charge in [-0.1, -0.05) is 18.2 Å². The van der Waals surface area contributed by atoms with E-state index in [1.54, 1.807) is 6.08 Å². The summed E-state index contributed by atoms with van der Waals surface area (Å²) >= 11 is 0. The number of carbonyl (C=O) groups excluding carboxylic acids is 1. The largest absolute Gasteiger partial charge is 0.378 e. The summed E-state index contributed by atoms with van der Waals surface area (Å²) < 4.78 is 5.49. The molecule has 0 saturated carbocycles. The number of rotatable bonds is 5. The lowest BCUT2D eigenvalue weighted by Crippen LogP contribution is -2.37. The third-order valence-electron chi connectivity index (χ3n) is 5.13. The molecule has 3 aromatic rings. The van der Waals surface area contributed by atoms with E-state index in [9.17, 15) is 4.79 Å². The molecule has 148 valence electrons. The zero-order valence-electron chi connectivity index (χ0n) is 16.8. The Balaban J connectivity index is 1.65. The number of carbonyl (C=O) groups is 1. The van der Waals surface area contributed by atoms with Crippen LogP contribution in [0.2, 0.25) is 0 Å². The molecule has 0 aliphatic carbocycles. The first-order valence-corrected chi connectivity index (χ1v) is 9.84. The number of nitrogens with zero attached hydrogens (tertiary/aromatic N) is 3. The maximum Gasteiger partial charge on any atom is 0.185 e. The average molecular weight is 387 g/mol. The third kappa shape index (κ3) is 4.30. The van der Waals surface area contributed by atoms with E-state index in [1.807, 2.05) is 73.6 Å². The molecule has 0 unspecified atom stereocenters. The van der Waals surface area contributed by atoms with Crippen LogP contribution in [0, 0.1) is 0 Å². The van der Waals surface area contributed by atoms with Crippen molar-refractivity contribution < 1.29 is 9.53 Å². The normalized spacial score (nSPS) is 14.5.